The number of H-pyrrole nitrogens is 1. The van der Waals surface area contributed by atoms with E-state index in [1.54, 1.807) is 0 Å². The van der Waals surface area contributed by atoms with Crippen molar-refractivity contribution in [1.82, 2.24) is 10.2 Å². The third kappa shape index (κ3) is 3.41. The lowest BCUT2D eigenvalue weighted by Crippen LogP contribution is -2.01. The van der Waals surface area contributed by atoms with Gasteiger partial charge in [-0.05, 0) is 33.9 Å². The molecular formula is C24H24N2. The molecule has 1 N–H and O–H groups in total. The standard InChI is InChI=1S/C24H24N2/c1-2-3-8-24(22-14-11-18-6-4-5-7-21(18)15-22)20-12-9-19(10-13-20)23-16-25-26-17-23/h4-7,9-17,24H,2-3,8H2,1H3,(H,25,26). The van der Waals surface area contributed by atoms with Gasteiger partial charge in [0.15, 0.2) is 0 Å². The summed E-state index contributed by atoms with van der Waals surface area (Å²) in [7, 11) is 0. The van der Waals surface area contributed by atoms with Gasteiger partial charge >= 0.3 is 0 Å². The Morgan fingerprint density at radius 2 is 1.62 bits per heavy atom. The third-order valence-corrected chi connectivity index (χ3v) is 5.17. The molecule has 1 unspecified atom stereocenters. The number of aromatic nitrogens is 2. The highest BCUT2D eigenvalue weighted by molar-refractivity contribution is 5.83. The largest absolute Gasteiger partial charge is 0.285 e. The maximum absolute atomic E-state index is 4.05. The highest BCUT2D eigenvalue weighted by Gasteiger charge is 2.14. The molecule has 0 saturated heterocycles. The normalized spacial score (nSPS) is 12.3. The summed E-state index contributed by atoms with van der Waals surface area (Å²) in [6.07, 6.45) is 7.44. The van der Waals surface area contributed by atoms with E-state index in [1.165, 1.54) is 46.7 Å². The van der Waals surface area contributed by atoms with Gasteiger partial charge < -0.3 is 0 Å². The molecule has 1 heterocycles. The zero-order valence-electron chi connectivity index (χ0n) is 15.2. The second-order valence-corrected chi connectivity index (χ2v) is 6.91. The molecule has 0 aliphatic carbocycles. The van der Waals surface area contributed by atoms with E-state index in [0.29, 0.717) is 5.92 Å². The van der Waals surface area contributed by atoms with Crippen LogP contribution in [0.3, 0.4) is 0 Å². The van der Waals surface area contributed by atoms with Crippen LogP contribution in [-0.2, 0) is 0 Å². The van der Waals surface area contributed by atoms with Crippen LogP contribution >= 0.6 is 0 Å². The zero-order chi connectivity index (χ0) is 17.8. The van der Waals surface area contributed by atoms with Gasteiger partial charge in [-0.3, -0.25) is 5.10 Å². The minimum atomic E-state index is 0.443. The Labute approximate surface area is 154 Å². The fraction of sp³-hybridized carbons (Fsp3) is 0.208. The molecule has 4 rings (SSSR count). The second kappa shape index (κ2) is 7.57. The number of nitrogens with one attached hydrogen (secondary N) is 1. The monoisotopic (exact) mass is 340 g/mol. The van der Waals surface area contributed by atoms with Gasteiger partial charge in [0.1, 0.15) is 0 Å². The summed E-state index contributed by atoms with van der Waals surface area (Å²) in [5.74, 6) is 0.443. The van der Waals surface area contributed by atoms with Crippen molar-refractivity contribution < 1.29 is 0 Å². The molecule has 0 bridgehead atoms. The summed E-state index contributed by atoms with van der Waals surface area (Å²) < 4.78 is 0. The van der Waals surface area contributed by atoms with Gasteiger partial charge in [0, 0.05) is 17.7 Å². The fourth-order valence-electron chi connectivity index (χ4n) is 3.68. The molecule has 130 valence electrons. The van der Waals surface area contributed by atoms with Crippen molar-refractivity contribution in [3.05, 3.63) is 90.3 Å². The Balaban J connectivity index is 1.69. The van der Waals surface area contributed by atoms with Crippen molar-refractivity contribution in [2.45, 2.75) is 32.1 Å². The molecule has 2 nitrogen and oxygen atoms in total. The van der Waals surface area contributed by atoms with Crippen molar-refractivity contribution in [3.63, 3.8) is 0 Å². The molecule has 4 aromatic rings. The lowest BCUT2D eigenvalue weighted by Gasteiger charge is -2.19. The fourth-order valence-corrected chi connectivity index (χ4v) is 3.68. The van der Waals surface area contributed by atoms with E-state index in [4.69, 9.17) is 0 Å². The average molecular weight is 340 g/mol. The molecule has 0 amide bonds. The molecule has 0 spiro atoms. The number of hydrogen-bond acceptors (Lipinski definition) is 1. The predicted octanol–water partition coefficient (Wildman–Crippen LogP) is 6.55. The quantitative estimate of drug-likeness (QED) is 0.423. The van der Waals surface area contributed by atoms with Crippen LogP contribution in [-0.4, -0.2) is 10.2 Å². The lowest BCUT2D eigenvalue weighted by molar-refractivity contribution is 0.651. The first-order valence-electron chi connectivity index (χ1n) is 9.43. The number of hydrogen-bond donors (Lipinski definition) is 1. The van der Waals surface area contributed by atoms with Crippen LogP contribution in [0.25, 0.3) is 21.9 Å². The Bertz CT molecular complexity index is 969. The molecular weight excluding hydrogens is 316 g/mol. The molecule has 0 radical (unpaired) electrons. The molecule has 2 heteroatoms. The van der Waals surface area contributed by atoms with Gasteiger partial charge in [0.05, 0.1) is 6.20 Å². The molecule has 3 aromatic carbocycles. The Kier molecular flexibility index (Phi) is 4.83. The van der Waals surface area contributed by atoms with E-state index in [0.717, 1.165) is 5.56 Å². The van der Waals surface area contributed by atoms with Crippen LogP contribution in [0.5, 0.6) is 0 Å². The number of unbranched alkanes of at least 4 members (excludes halogenated alkanes) is 1. The third-order valence-electron chi connectivity index (χ3n) is 5.17. The minimum Gasteiger partial charge on any atom is -0.285 e. The second-order valence-electron chi connectivity index (χ2n) is 6.91. The van der Waals surface area contributed by atoms with Gasteiger partial charge in [-0.2, -0.15) is 5.10 Å². The highest BCUT2D eigenvalue weighted by Crippen LogP contribution is 2.33. The number of fused-ring (bicyclic) bond motifs is 1. The average Bonchev–Trinajstić information content (AvgIpc) is 3.23. The first-order chi connectivity index (χ1) is 12.8. The smallest absolute Gasteiger partial charge is 0.0565 e. The first-order valence-corrected chi connectivity index (χ1v) is 9.43. The minimum absolute atomic E-state index is 0.443. The predicted molar refractivity (Wildman–Crippen MR) is 109 cm³/mol. The maximum atomic E-state index is 4.05. The number of aromatic amines is 1. The van der Waals surface area contributed by atoms with Crippen LogP contribution in [0, 0.1) is 0 Å². The Morgan fingerprint density at radius 3 is 2.35 bits per heavy atom. The van der Waals surface area contributed by atoms with E-state index < -0.39 is 0 Å². The molecule has 26 heavy (non-hydrogen) atoms. The molecule has 0 aliphatic heterocycles. The first kappa shape index (κ1) is 16.6. The molecule has 1 atom stereocenters. The highest BCUT2D eigenvalue weighted by atomic mass is 15.1. The number of rotatable bonds is 6. The van der Waals surface area contributed by atoms with E-state index in [9.17, 15) is 0 Å². The van der Waals surface area contributed by atoms with Crippen LogP contribution in [0.1, 0.15) is 43.2 Å². The topological polar surface area (TPSA) is 28.7 Å². The summed E-state index contributed by atoms with van der Waals surface area (Å²) in [4.78, 5) is 0. The Morgan fingerprint density at radius 1 is 0.846 bits per heavy atom. The van der Waals surface area contributed by atoms with Crippen LogP contribution in [0.4, 0.5) is 0 Å². The van der Waals surface area contributed by atoms with Crippen LogP contribution < -0.4 is 0 Å². The van der Waals surface area contributed by atoms with E-state index in [1.807, 2.05) is 12.4 Å². The molecule has 0 saturated carbocycles. The van der Waals surface area contributed by atoms with Crippen LogP contribution in [0.2, 0.25) is 0 Å². The van der Waals surface area contributed by atoms with Crippen LogP contribution in [0.15, 0.2) is 79.1 Å². The van der Waals surface area contributed by atoms with Gasteiger partial charge in [0.2, 0.25) is 0 Å². The number of benzene rings is 3. The van der Waals surface area contributed by atoms with Crippen molar-refractivity contribution in [3.8, 4) is 11.1 Å². The SMILES string of the molecule is CCCCC(c1ccc(-c2cn[nH]c2)cc1)c1ccc2ccccc2c1. The summed E-state index contributed by atoms with van der Waals surface area (Å²) in [5.41, 5.74) is 5.14. The number of nitrogens with zero attached hydrogens (tertiary/aromatic N) is 1. The van der Waals surface area contributed by atoms with E-state index >= 15 is 0 Å². The van der Waals surface area contributed by atoms with Gasteiger partial charge in [-0.15, -0.1) is 0 Å². The Hall–Kier alpha value is -2.87. The maximum Gasteiger partial charge on any atom is 0.0565 e. The summed E-state index contributed by atoms with van der Waals surface area (Å²) in [6.45, 7) is 2.26. The van der Waals surface area contributed by atoms with Gasteiger partial charge in [-0.1, -0.05) is 86.5 Å². The lowest BCUT2D eigenvalue weighted by atomic mass is 9.85. The zero-order valence-corrected chi connectivity index (χ0v) is 15.2. The summed E-state index contributed by atoms with van der Waals surface area (Å²) >= 11 is 0. The van der Waals surface area contributed by atoms with E-state index in [2.05, 4.69) is 83.9 Å². The van der Waals surface area contributed by atoms with Crippen molar-refractivity contribution in [2.75, 3.05) is 0 Å². The molecule has 0 fully saturated rings. The van der Waals surface area contributed by atoms with Crippen molar-refractivity contribution in [2.24, 2.45) is 0 Å². The molecule has 1 aromatic heterocycles. The summed E-state index contributed by atoms with van der Waals surface area (Å²) in [5, 5.41) is 9.56. The van der Waals surface area contributed by atoms with Crippen molar-refractivity contribution in [1.29, 1.82) is 0 Å². The molecule has 0 aliphatic rings. The van der Waals surface area contributed by atoms with E-state index in [-0.39, 0.29) is 0 Å². The summed E-state index contributed by atoms with van der Waals surface area (Å²) in [6, 6.07) is 24.5. The van der Waals surface area contributed by atoms with Gasteiger partial charge in [-0.25, -0.2) is 0 Å². The van der Waals surface area contributed by atoms with Gasteiger partial charge in [0.25, 0.3) is 0 Å². The van der Waals surface area contributed by atoms with Crippen molar-refractivity contribution >= 4 is 10.8 Å².